The molecule has 0 fully saturated rings. The van der Waals surface area contributed by atoms with Gasteiger partial charge in [0.2, 0.25) is 0 Å². The average molecular weight is 265 g/mol. The molecule has 5 heteroatoms. The molecule has 0 radical (unpaired) electrons. The lowest BCUT2D eigenvalue weighted by molar-refractivity contribution is 0.0913. The molecule has 0 bridgehead atoms. The number of carbonyl (C=O) groups is 1. The zero-order valence-electron chi connectivity index (χ0n) is 11.7. The van der Waals surface area contributed by atoms with E-state index in [1.54, 1.807) is 18.5 Å². The van der Waals surface area contributed by atoms with E-state index in [1.807, 2.05) is 6.92 Å². The minimum absolute atomic E-state index is 0.122. The minimum atomic E-state index is -0.122. The lowest BCUT2D eigenvalue weighted by atomic mass is 10.2. The molecule has 0 saturated heterocycles. The van der Waals surface area contributed by atoms with Gasteiger partial charge in [0.05, 0.1) is 17.9 Å². The van der Waals surface area contributed by atoms with Crippen molar-refractivity contribution >= 4 is 11.6 Å². The van der Waals surface area contributed by atoms with Crippen molar-refractivity contribution in [1.29, 1.82) is 0 Å². The number of anilines is 1. The highest BCUT2D eigenvalue weighted by atomic mass is 16.5. The first-order valence-corrected chi connectivity index (χ1v) is 6.83. The molecule has 0 aliphatic heterocycles. The van der Waals surface area contributed by atoms with Crippen LogP contribution < -0.4 is 10.6 Å². The van der Waals surface area contributed by atoms with E-state index < -0.39 is 0 Å². The summed E-state index contributed by atoms with van der Waals surface area (Å²) >= 11 is 0. The Balaban J connectivity index is 2.36. The summed E-state index contributed by atoms with van der Waals surface area (Å²) in [5, 5.41) is 5.97. The summed E-state index contributed by atoms with van der Waals surface area (Å²) in [4.78, 5) is 16.0. The molecule has 0 aliphatic rings. The number of nitrogens with one attached hydrogen (secondary N) is 2. The molecular formula is C14H23N3O2. The summed E-state index contributed by atoms with van der Waals surface area (Å²) in [6.45, 7) is 6.69. The maximum absolute atomic E-state index is 12.0. The maximum atomic E-state index is 12.0. The zero-order chi connectivity index (χ0) is 13.9. The molecule has 0 aromatic carbocycles. The van der Waals surface area contributed by atoms with E-state index >= 15 is 0 Å². The summed E-state index contributed by atoms with van der Waals surface area (Å²) in [5.74, 6) is -0.122. The van der Waals surface area contributed by atoms with Gasteiger partial charge < -0.3 is 15.4 Å². The van der Waals surface area contributed by atoms with Gasteiger partial charge in [-0.3, -0.25) is 9.78 Å². The highest BCUT2D eigenvalue weighted by molar-refractivity contribution is 5.99. The third kappa shape index (κ3) is 5.70. The van der Waals surface area contributed by atoms with Crippen molar-refractivity contribution in [2.75, 3.05) is 31.6 Å². The van der Waals surface area contributed by atoms with Crippen LogP contribution in [-0.2, 0) is 4.74 Å². The zero-order valence-corrected chi connectivity index (χ0v) is 11.7. The van der Waals surface area contributed by atoms with Crippen LogP contribution in [0.5, 0.6) is 0 Å². The van der Waals surface area contributed by atoms with Crippen LogP contribution in [0.15, 0.2) is 18.5 Å². The first-order chi connectivity index (χ1) is 9.29. The smallest absolute Gasteiger partial charge is 0.255 e. The van der Waals surface area contributed by atoms with Crippen molar-refractivity contribution in [3.63, 3.8) is 0 Å². The molecule has 1 amide bonds. The molecule has 0 unspecified atom stereocenters. The molecule has 0 saturated carbocycles. The molecule has 1 heterocycles. The number of amides is 1. The number of hydrogen-bond donors (Lipinski definition) is 2. The molecule has 1 aromatic rings. The van der Waals surface area contributed by atoms with E-state index in [0.29, 0.717) is 18.7 Å². The third-order valence-electron chi connectivity index (χ3n) is 2.61. The summed E-state index contributed by atoms with van der Waals surface area (Å²) in [5.41, 5.74) is 1.37. The van der Waals surface area contributed by atoms with E-state index in [-0.39, 0.29) is 5.91 Å². The largest absolute Gasteiger partial charge is 0.385 e. The van der Waals surface area contributed by atoms with Gasteiger partial charge in [0, 0.05) is 32.1 Å². The number of hydrogen-bond acceptors (Lipinski definition) is 4. The second-order valence-electron chi connectivity index (χ2n) is 4.17. The first kappa shape index (κ1) is 15.4. The lowest BCUT2D eigenvalue weighted by Crippen LogP contribution is -2.28. The molecule has 5 nitrogen and oxygen atoms in total. The van der Waals surface area contributed by atoms with Gasteiger partial charge in [0.15, 0.2) is 0 Å². The molecular weight excluding hydrogens is 242 g/mol. The van der Waals surface area contributed by atoms with Crippen molar-refractivity contribution in [1.82, 2.24) is 10.3 Å². The number of ether oxygens (including phenoxy) is 1. The normalized spacial score (nSPS) is 10.2. The van der Waals surface area contributed by atoms with Gasteiger partial charge >= 0.3 is 0 Å². The molecule has 19 heavy (non-hydrogen) atoms. The van der Waals surface area contributed by atoms with E-state index in [4.69, 9.17) is 4.74 Å². The second-order valence-corrected chi connectivity index (χ2v) is 4.17. The fourth-order valence-corrected chi connectivity index (χ4v) is 1.60. The van der Waals surface area contributed by atoms with Crippen molar-refractivity contribution in [2.24, 2.45) is 0 Å². The minimum Gasteiger partial charge on any atom is -0.385 e. The Labute approximate surface area is 114 Å². The molecule has 0 atom stereocenters. The van der Waals surface area contributed by atoms with Crippen LogP contribution in [0.25, 0.3) is 0 Å². The van der Waals surface area contributed by atoms with Crippen molar-refractivity contribution < 1.29 is 9.53 Å². The molecule has 1 rings (SSSR count). The van der Waals surface area contributed by atoms with Crippen LogP contribution in [0, 0.1) is 0 Å². The SMILES string of the molecule is CCCCOCCNC(=O)c1cnccc1NCC. The van der Waals surface area contributed by atoms with Crippen LogP contribution in [0.2, 0.25) is 0 Å². The highest BCUT2D eigenvalue weighted by Crippen LogP contribution is 2.12. The monoisotopic (exact) mass is 265 g/mol. The number of aromatic nitrogens is 1. The van der Waals surface area contributed by atoms with Crippen molar-refractivity contribution in [3.05, 3.63) is 24.0 Å². The Morgan fingerprint density at radius 3 is 2.95 bits per heavy atom. The number of rotatable bonds is 9. The van der Waals surface area contributed by atoms with Gasteiger partial charge in [-0.25, -0.2) is 0 Å². The van der Waals surface area contributed by atoms with E-state index in [0.717, 1.165) is 31.7 Å². The number of pyridine rings is 1. The molecule has 106 valence electrons. The van der Waals surface area contributed by atoms with Gasteiger partial charge in [0.1, 0.15) is 0 Å². The van der Waals surface area contributed by atoms with E-state index in [9.17, 15) is 4.79 Å². The van der Waals surface area contributed by atoms with Crippen LogP contribution in [0.1, 0.15) is 37.0 Å². The summed E-state index contributed by atoms with van der Waals surface area (Å²) < 4.78 is 5.39. The number of nitrogens with zero attached hydrogens (tertiary/aromatic N) is 1. The van der Waals surface area contributed by atoms with E-state index in [2.05, 4.69) is 22.5 Å². The average Bonchev–Trinajstić information content (AvgIpc) is 2.43. The highest BCUT2D eigenvalue weighted by Gasteiger charge is 2.10. The van der Waals surface area contributed by atoms with Gasteiger partial charge in [-0.15, -0.1) is 0 Å². The second kappa shape index (κ2) is 9.33. The Morgan fingerprint density at radius 1 is 1.37 bits per heavy atom. The van der Waals surface area contributed by atoms with Gasteiger partial charge in [0.25, 0.3) is 5.91 Å². The predicted octanol–water partition coefficient (Wildman–Crippen LogP) is 2.06. The maximum Gasteiger partial charge on any atom is 0.255 e. The Bertz CT molecular complexity index is 383. The summed E-state index contributed by atoms with van der Waals surface area (Å²) in [7, 11) is 0. The Kier molecular flexibility index (Phi) is 7.58. The topological polar surface area (TPSA) is 63.2 Å². The molecule has 0 spiro atoms. The fraction of sp³-hybridized carbons (Fsp3) is 0.571. The van der Waals surface area contributed by atoms with Gasteiger partial charge in [-0.2, -0.15) is 0 Å². The standard InChI is InChI=1S/C14H23N3O2/c1-3-5-9-19-10-8-17-14(18)12-11-15-7-6-13(12)16-4-2/h6-7,11H,3-5,8-10H2,1-2H3,(H,15,16)(H,17,18). The van der Waals surface area contributed by atoms with Crippen LogP contribution in [0.3, 0.4) is 0 Å². The fourth-order valence-electron chi connectivity index (χ4n) is 1.60. The van der Waals surface area contributed by atoms with Crippen LogP contribution in [0.4, 0.5) is 5.69 Å². The van der Waals surface area contributed by atoms with Crippen molar-refractivity contribution in [2.45, 2.75) is 26.7 Å². The first-order valence-electron chi connectivity index (χ1n) is 6.83. The van der Waals surface area contributed by atoms with Crippen molar-refractivity contribution in [3.8, 4) is 0 Å². The summed E-state index contributed by atoms with van der Waals surface area (Å²) in [6, 6.07) is 1.80. The molecule has 0 aliphatic carbocycles. The Hall–Kier alpha value is -1.62. The third-order valence-corrected chi connectivity index (χ3v) is 2.61. The molecule has 2 N–H and O–H groups in total. The molecule has 1 aromatic heterocycles. The quantitative estimate of drug-likeness (QED) is 0.671. The lowest BCUT2D eigenvalue weighted by Gasteiger charge is -2.10. The number of unbranched alkanes of at least 4 members (excludes halogenated alkanes) is 1. The predicted molar refractivity (Wildman–Crippen MR) is 76.5 cm³/mol. The van der Waals surface area contributed by atoms with Crippen LogP contribution in [-0.4, -0.2) is 37.2 Å². The van der Waals surface area contributed by atoms with E-state index in [1.165, 1.54) is 0 Å². The summed E-state index contributed by atoms with van der Waals surface area (Å²) in [6.07, 6.45) is 5.42. The Morgan fingerprint density at radius 2 is 2.21 bits per heavy atom. The van der Waals surface area contributed by atoms with Crippen LogP contribution >= 0.6 is 0 Å². The number of carbonyl (C=O) groups excluding carboxylic acids is 1. The van der Waals surface area contributed by atoms with Gasteiger partial charge in [-0.05, 0) is 19.4 Å². The van der Waals surface area contributed by atoms with Gasteiger partial charge in [-0.1, -0.05) is 13.3 Å².